The lowest BCUT2D eigenvalue weighted by atomic mass is 10.0. The van der Waals surface area contributed by atoms with Crippen molar-refractivity contribution >= 4 is 24.1 Å². The third-order valence-corrected chi connectivity index (χ3v) is 4.53. The van der Waals surface area contributed by atoms with Gasteiger partial charge in [0.25, 0.3) is 5.91 Å². The van der Waals surface area contributed by atoms with Gasteiger partial charge < -0.3 is 20.5 Å². The van der Waals surface area contributed by atoms with Crippen LogP contribution in [0.2, 0.25) is 0 Å². The zero-order valence-corrected chi connectivity index (χ0v) is 19.3. The quantitative estimate of drug-likeness (QED) is 0.287. The first-order valence-electron chi connectivity index (χ1n) is 10.00. The maximum absolute atomic E-state index is 12.4. The topological polar surface area (TPSA) is 116 Å². The van der Waals surface area contributed by atoms with Gasteiger partial charge in [0.05, 0.1) is 6.04 Å². The van der Waals surface area contributed by atoms with E-state index in [9.17, 15) is 14.7 Å². The molecule has 1 aromatic rings. The Kier molecular flexibility index (Phi) is 11.7. The first kappa shape index (κ1) is 26.2. The number of amides is 2. The van der Waals surface area contributed by atoms with Crippen molar-refractivity contribution in [2.24, 2.45) is 0 Å². The fraction of sp³-hybridized carbons (Fsp3) is 0.650. The average Bonchev–Trinajstić information content (AvgIpc) is 2.66. The van der Waals surface area contributed by atoms with Crippen molar-refractivity contribution in [2.75, 3.05) is 20.6 Å². The Bertz CT molecular complexity index is 640. The standard InChI is InChI=1S/C20H35N5O4S/c1-20(2,3)29-19(28)24-16(10-6-7-12-23-30-25(4)5)17(26)18(27)22-14-15-9-8-11-21-13-15/h8-9,11,13,16-17,23,26H,6-7,10,12,14H2,1-5H3,(H,22,27)(H,24,28)/t16-,17?/m0/s1. The van der Waals surface area contributed by atoms with Crippen molar-refractivity contribution in [2.45, 2.75) is 64.3 Å². The Morgan fingerprint density at radius 1 is 1.30 bits per heavy atom. The molecule has 0 radical (unpaired) electrons. The molecule has 1 heterocycles. The van der Waals surface area contributed by atoms with E-state index in [1.54, 1.807) is 39.2 Å². The molecule has 0 aliphatic rings. The summed E-state index contributed by atoms with van der Waals surface area (Å²) in [5, 5.41) is 15.9. The van der Waals surface area contributed by atoms with E-state index in [0.29, 0.717) is 12.8 Å². The van der Waals surface area contributed by atoms with Crippen molar-refractivity contribution in [1.82, 2.24) is 24.6 Å². The summed E-state index contributed by atoms with van der Waals surface area (Å²) in [6, 6.07) is 2.85. The van der Waals surface area contributed by atoms with E-state index in [2.05, 4.69) is 20.3 Å². The van der Waals surface area contributed by atoms with Crippen molar-refractivity contribution in [3.8, 4) is 0 Å². The highest BCUT2D eigenvalue weighted by Crippen LogP contribution is 2.11. The molecular weight excluding hydrogens is 406 g/mol. The van der Waals surface area contributed by atoms with Crippen LogP contribution in [0.25, 0.3) is 0 Å². The van der Waals surface area contributed by atoms with Gasteiger partial charge in [-0.1, -0.05) is 6.07 Å². The van der Waals surface area contributed by atoms with E-state index in [1.807, 2.05) is 24.5 Å². The zero-order chi connectivity index (χ0) is 22.6. The van der Waals surface area contributed by atoms with Gasteiger partial charge in [0.2, 0.25) is 0 Å². The van der Waals surface area contributed by atoms with Crippen LogP contribution >= 0.6 is 12.1 Å². The number of rotatable bonds is 12. The molecule has 0 aliphatic carbocycles. The van der Waals surface area contributed by atoms with Crippen LogP contribution < -0.4 is 15.4 Å². The molecule has 4 N–H and O–H groups in total. The summed E-state index contributed by atoms with van der Waals surface area (Å²) < 4.78 is 10.4. The van der Waals surface area contributed by atoms with Gasteiger partial charge in [0.1, 0.15) is 5.60 Å². The second kappa shape index (κ2) is 13.4. The molecule has 1 aromatic heterocycles. The number of alkyl carbamates (subject to hydrolysis) is 1. The summed E-state index contributed by atoms with van der Waals surface area (Å²) in [5.74, 6) is -0.554. The smallest absolute Gasteiger partial charge is 0.407 e. The largest absolute Gasteiger partial charge is 0.444 e. The SMILES string of the molecule is CN(C)SNCCCC[C@H](NC(=O)OC(C)(C)C)C(O)C(=O)NCc1cccnc1. The second-order valence-electron chi connectivity index (χ2n) is 8.07. The number of nitrogens with one attached hydrogen (secondary N) is 3. The predicted molar refractivity (Wildman–Crippen MR) is 118 cm³/mol. The van der Waals surface area contributed by atoms with Gasteiger partial charge in [-0.05, 0) is 65.8 Å². The summed E-state index contributed by atoms with van der Waals surface area (Å²) in [6.07, 6.45) is 3.22. The number of carbonyl (C=O) groups is 2. The van der Waals surface area contributed by atoms with E-state index < -0.39 is 29.7 Å². The minimum Gasteiger partial charge on any atom is -0.444 e. The van der Waals surface area contributed by atoms with Crippen LogP contribution in [0.5, 0.6) is 0 Å². The number of nitrogens with zero attached hydrogens (tertiary/aromatic N) is 2. The number of pyridine rings is 1. The van der Waals surface area contributed by atoms with Crippen LogP contribution in [0, 0.1) is 0 Å². The van der Waals surface area contributed by atoms with Crippen molar-refractivity contribution in [1.29, 1.82) is 0 Å². The lowest BCUT2D eigenvalue weighted by molar-refractivity contribution is -0.131. The summed E-state index contributed by atoms with van der Waals surface area (Å²) >= 11 is 1.50. The number of carbonyl (C=O) groups excluding carboxylic acids is 2. The maximum atomic E-state index is 12.4. The summed E-state index contributed by atoms with van der Waals surface area (Å²) in [6.45, 7) is 6.28. The number of hydrogen-bond donors (Lipinski definition) is 4. The molecule has 30 heavy (non-hydrogen) atoms. The number of aliphatic hydroxyl groups is 1. The second-order valence-corrected chi connectivity index (χ2v) is 9.27. The van der Waals surface area contributed by atoms with Crippen LogP contribution in [-0.4, -0.2) is 64.8 Å². The third-order valence-electron chi connectivity index (χ3n) is 3.83. The molecule has 2 amide bonds. The molecule has 0 saturated carbocycles. The highest BCUT2D eigenvalue weighted by atomic mass is 32.2. The number of aliphatic hydroxyl groups excluding tert-OH is 1. The first-order valence-corrected chi connectivity index (χ1v) is 10.8. The lowest BCUT2D eigenvalue weighted by Gasteiger charge is -2.26. The Balaban J connectivity index is 2.60. The van der Waals surface area contributed by atoms with Crippen LogP contribution in [0.4, 0.5) is 4.79 Å². The zero-order valence-electron chi connectivity index (χ0n) is 18.5. The Hall–Kier alpha value is -1.88. The summed E-state index contributed by atoms with van der Waals surface area (Å²) in [5.41, 5.74) is 0.148. The average molecular weight is 442 g/mol. The van der Waals surface area contributed by atoms with Crippen molar-refractivity contribution in [3.05, 3.63) is 30.1 Å². The molecule has 1 unspecified atom stereocenters. The molecule has 9 nitrogen and oxygen atoms in total. The molecule has 10 heteroatoms. The van der Waals surface area contributed by atoms with Crippen LogP contribution in [-0.2, 0) is 16.1 Å². The first-order chi connectivity index (χ1) is 14.1. The Labute approximate surface area is 183 Å². The Morgan fingerprint density at radius 2 is 2.03 bits per heavy atom. The van der Waals surface area contributed by atoms with E-state index in [4.69, 9.17) is 4.74 Å². The number of unbranched alkanes of at least 4 members (excludes halogenated alkanes) is 1. The van der Waals surface area contributed by atoms with Gasteiger partial charge in [-0.2, -0.15) is 0 Å². The molecule has 0 spiro atoms. The van der Waals surface area contributed by atoms with E-state index >= 15 is 0 Å². The fourth-order valence-corrected chi connectivity index (χ4v) is 2.98. The monoisotopic (exact) mass is 441 g/mol. The van der Waals surface area contributed by atoms with Gasteiger partial charge >= 0.3 is 6.09 Å². The van der Waals surface area contributed by atoms with E-state index in [0.717, 1.165) is 18.5 Å². The molecule has 0 fully saturated rings. The van der Waals surface area contributed by atoms with E-state index in [-0.39, 0.29) is 6.54 Å². The third kappa shape index (κ3) is 12.0. The van der Waals surface area contributed by atoms with Crippen LogP contribution in [0.3, 0.4) is 0 Å². The van der Waals surface area contributed by atoms with Crippen LogP contribution in [0.1, 0.15) is 45.6 Å². The van der Waals surface area contributed by atoms with Gasteiger partial charge in [0.15, 0.2) is 6.10 Å². The maximum Gasteiger partial charge on any atom is 0.407 e. The number of ether oxygens (including phenoxy) is 1. The summed E-state index contributed by atoms with van der Waals surface area (Å²) in [4.78, 5) is 28.6. The van der Waals surface area contributed by atoms with Gasteiger partial charge in [-0.25, -0.2) is 9.10 Å². The highest BCUT2D eigenvalue weighted by molar-refractivity contribution is 7.95. The molecule has 2 atom stereocenters. The molecule has 0 saturated heterocycles. The van der Waals surface area contributed by atoms with E-state index in [1.165, 1.54) is 12.1 Å². The molecule has 0 aliphatic heterocycles. The van der Waals surface area contributed by atoms with Gasteiger partial charge in [-0.15, -0.1) is 0 Å². The van der Waals surface area contributed by atoms with Gasteiger partial charge in [0, 0.05) is 37.6 Å². The van der Waals surface area contributed by atoms with Crippen molar-refractivity contribution in [3.63, 3.8) is 0 Å². The lowest BCUT2D eigenvalue weighted by Crippen LogP contribution is -2.51. The van der Waals surface area contributed by atoms with Crippen LogP contribution in [0.15, 0.2) is 24.5 Å². The minimum absolute atomic E-state index is 0.245. The summed E-state index contributed by atoms with van der Waals surface area (Å²) in [7, 11) is 3.89. The molecular formula is C20H35N5O4S. The highest BCUT2D eigenvalue weighted by Gasteiger charge is 2.29. The molecule has 0 aromatic carbocycles. The number of hydrogen-bond acceptors (Lipinski definition) is 8. The van der Waals surface area contributed by atoms with Crippen molar-refractivity contribution < 1.29 is 19.4 Å². The fourth-order valence-electron chi connectivity index (χ4n) is 2.48. The minimum atomic E-state index is -1.39. The predicted octanol–water partition coefficient (Wildman–Crippen LogP) is 1.84. The molecule has 1 rings (SSSR count). The molecule has 170 valence electrons. The molecule has 0 bridgehead atoms. The normalized spacial score (nSPS) is 13.6. The Morgan fingerprint density at radius 3 is 2.63 bits per heavy atom. The number of aromatic nitrogens is 1. The van der Waals surface area contributed by atoms with Gasteiger partial charge in [-0.3, -0.25) is 14.5 Å².